The third kappa shape index (κ3) is 4.68. The van der Waals surface area contributed by atoms with Crippen LogP contribution in [0, 0.1) is 0 Å². The van der Waals surface area contributed by atoms with Crippen molar-refractivity contribution in [1.29, 1.82) is 0 Å². The van der Waals surface area contributed by atoms with Gasteiger partial charge in [-0.1, -0.05) is 23.7 Å². The van der Waals surface area contributed by atoms with E-state index in [1.807, 2.05) is 24.3 Å². The van der Waals surface area contributed by atoms with Gasteiger partial charge in [0.25, 0.3) is 0 Å². The van der Waals surface area contributed by atoms with Gasteiger partial charge in [-0.25, -0.2) is 0 Å². The van der Waals surface area contributed by atoms with Gasteiger partial charge < -0.3 is 10.1 Å². The van der Waals surface area contributed by atoms with Crippen molar-refractivity contribution >= 4 is 17.3 Å². The summed E-state index contributed by atoms with van der Waals surface area (Å²) in [4.78, 5) is 2.47. The standard InChI is InChI=1S/C15H23ClN2O/c1-2-19-13-6-5-10-18(12-13)11-9-17-15-8-4-3-7-14(15)16/h3-4,7-8,13,17H,2,5-6,9-12H2,1H3. The second-order valence-corrected chi connectivity index (χ2v) is 5.33. The SMILES string of the molecule is CCOC1CCCN(CCNc2ccccc2Cl)C1. The Hall–Kier alpha value is -0.770. The predicted octanol–water partition coefficient (Wildman–Crippen LogP) is 3.25. The number of rotatable bonds is 6. The summed E-state index contributed by atoms with van der Waals surface area (Å²) in [5, 5.41) is 4.18. The van der Waals surface area contributed by atoms with E-state index in [2.05, 4.69) is 17.1 Å². The Morgan fingerprint density at radius 1 is 1.42 bits per heavy atom. The zero-order valence-electron chi connectivity index (χ0n) is 11.6. The van der Waals surface area contributed by atoms with Gasteiger partial charge in [-0.3, -0.25) is 4.90 Å². The molecule has 0 aliphatic carbocycles. The zero-order valence-corrected chi connectivity index (χ0v) is 12.3. The average molecular weight is 283 g/mol. The highest BCUT2D eigenvalue weighted by atomic mass is 35.5. The number of benzene rings is 1. The number of anilines is 1. The molecule has 1 N–H and O–H groups in total. The normalized spacial score (nSPS) is 20.4. The molecule has 4 heteroatoms. The first-order chi connectivity index (χ1) is 9.29. The maximum absolute atomic E-state index is 6.11. The molecule has 3 nitrogen and oxygen atoms in total. The molecule has 1 heterocycles. The number of likely N-dealkylation sites (tertiary alicyclic amines) is 1. The first kappa shape index (κ1) is 14.6. The minimum atomic E-state index is 0.416. The fourth-order valence-corrected chi connectivity index (χ4v) is 2.74. The van der Waals surface area contributed by atoms with Crippen LogP contribution in [0.2, 0.25) is 5.02 Å². The minimum Gasteiger partial charge on any atom is -0.383 e. The van der Waals surface area contributed by atoms with E-state index >= 15 is 0 Å². The fraction of sp³-hybridized carbons (Fsp3) is 0.600. The van der Waals surface area contributed by atoms with Crippen LogP contribution in [0.5, 0.6) is 0 Å². The molecule has 0 saturated carbocycles. The van der Waals surface area contributed by atoms with Crippen LogP contribution in [0.4, 0.5) is 5.69 Å². The molecule has 1 fully saturated rings. The van der Waals surface area contributed by atoms with Crippen LogP contribution in [0.3, 0.4) is 0 Å². The first-order valence-electron chi connectivity index (χ1n) is 7.12. The largest absolute Gasteiger partial charge is 0.383 e. The van der Waals surface area contributed by atoms with Crippen molar-refractivity contribution in [3.05, 3.63) is 29.3 Å². The van der Waals surface area contributed by atoms with Crippen LogP contribution in [-0.2, 0) is 4.74 Å². The van der Waals surface area contributed by atoms with Crippen molar-refractivity contribution in [1.82, 2.24) is 4.90 Å². The number of hydrogen-bond acceptors (Lipinski definition) is 3. The Labute approximate surface area is 120 Å². The quantitative estimate of drug-likeness (QED) is 0.867. The molecule has 1 aromatic rings. The summed E-state index contributed by atoms with van der Waals surface area (Å²) in [5.41, 5.74) is 1.02. The van der Waals surface area contributed by atoms with Crippen LogP contribution in [0.15, 0.2) is 24.3 Å². The molecule has 1 atom stereocenters. The summed E-state index contributed by atoms with van der Waals surface area (Å²) in [6.07, 6.45) is 2.85. The molecule has 2 rings (SSSR count). The maximum Gasteiger partial charge on any atom is 0.0702 e. The molecule has 0 radical (unpaired) electrons. The number of ether oxygens (including phenoxy) is 1. The highest BCUT2D eigenvalue weighted by Crippen LogP contribution is 2.20. The van der Waals surface area contributed by atoms with Crippen molar-refractivity contribution in [3.63, 3.8) is 0 Å². The Morgan fingerprint density at radius 3 is 3.05 bits per heavy atom. The molecule has 0 aromatic heterocycles. The minimum absolute atomic E-state index is 0.416. The summed E-state index contributed by atoms with van der Waals surface area (Å²) in [7, 11) is 0. The molecule has 19 heavy (non-hydrogen) atoms. The molecule has 1 aromatic carbocycles. The van der Waals surface area contributed by atoms with Crippen LogP contribution in [0.25, 0.3) is 0 Å². The molecule has 1 aliphatic rings. The van der Waals surface area contributed by atoms with Gasteiger partial charge in [-0.15, -0.1) is 0 Å². The monoisotopic (exact) mass is 282 g/mol. The van der Waals surface area contributed by atoms with E-state index in [1.54, 1.807) is 0 Å². The number of nitrogens with one attached hydrogen (secondary N) is 1. The highest BCUT2D eigenvalue weighted by molar-refractivity contribution is 6.33. The van der Waals surface area contributed by atoms with Crippen molar-refractivity contribution in [2.75, 3.05) is 38.1 Å². The average Bonchev–Trinajstić information content (AvgIpc) is 2.42. The topological polar surface area (TPSA) is 24.5 Å². The van der Waals surface area contributed by atoms with Crippen LogP contribution in [-0.4, -0.2) is 43.8 Å². The van der Waals surface area contributed by atoms with E-state index < -0.39 is 0 Å². The molecular weight excluding hydrogens is 260 g/mol. The lowest BCUT2D eigenvalue weighted by molar-refractivity contribution is 0.00716. The number of piperidine rings is 1. The van der Waals surface area contributed by atoms with Gasteiger partial charge in [0.2, 0.25) is 0 Å². The second kappa shape index (κ2) is 7.73. The molecule has 106 valence electrons. The van der Waals surface area contributed by atoms with Gasteiger partial charge in [0.1, 0.15) is 0 Å². The predicted molar refractivity (Wildman–Crippen MR) is 81.0 cm³/mol. The van der Waals surface area contributed by atoms with Crippen molar-refractivity contribution < 1.29 is 4.74 Å². The van der Waals surface area contributed by atoms with E-state index in [4.69, 9.17) is 16.3 Å². The molecule has 0 amide bonds. The zero-order chi connectivity index (χ0) is 13.5. The number of hydrogen-bond donors (Lipinski definition) is 1. The second-order valence-electron chi connectivity index (χ2n) is 4.93. The smallest absolute Gasteiger partial charge is 0.0702 e. The lowest BCUT2D eigenvalue weighted by atomic mass is 10.1. The van der Waals surface area contributed by atoms with E-state index in [0.29, 0.717) is 6.10 Å². The van der Waals surface area contributed by atoms with E-state index in [-0.39, 0.29) is 0 Å². The van der Waals surface area contributed by atoms with Crippen LogP contribution in [0.1, 0.15) is 19.8 Å². The van der Waals surface area contributed by atoms with Gasteiger partial charge in [-0.05, 0) is 38.4 Å². The van der Waals surface area contributed by atoms with Gasteiger partial charge in [0.05, 0.1) is 16.8 Å². The third-order valence-electron chi connectivity index (χ3n) is 3.48. The van der Waals surface area contributed by atoms with Crippen LogP contribution < -0.4 is 5.32 Å². The molecule has 0 bridgehead atoms. The van der Waals surface area contributed by atoms with Crippen molar-refractivity contribution in [2.45, 2.75) is 25.9 Å². The number of nitrogens with zero attached hydrogens (tertiary/aromatic N) is 1. The van der Waals surface area contributed by atoms with Gasteiger partial charge in [0, 0.05) is 26.2 Å². The van der Waals surface area contributed by atoms with E-state index in [0.717, 1.165) is 37.0 Å². The van der Waals surface area contributed by atoms with Gasteiger partial charge in [-0.2, -0.15) is 0 Å². The molecule has 1 saturated heterocycles. The fourth-order valence-electron chi connectivity index (χ4n) is 2.54. The summed E-state index contributed by atoms with van der Waals surface area (Å²) < 4.78 is 5.71. The van der Waals surface area contributed by atoms with Crippen LogP contribution >= 0.6 is 11.6 Å². The van der Waals surface area contributed by atoms with Gasteiger partial charge >= 0.3 is 0 Å². The lowest BCUT2D eigenvalue weighted by Gasteiger charge is -2.32. The summed E-state index contributed by atoms with van der Waals surface area (Å²) in [6, 6.07) is 7.88. The Morgan fingerprint density at radius 2 is 2.26 bits per heavy atom. The van der Waals surface area contributed by atoms with E-state index in [9.17, 15) is 0 Å². The Kier molecular flexibility index (Phi) is 5.95. The lowest BCUT2D eigenvalue weighted by Crippen LogP contribution is -2.41. The van der Waals surface area contributed by atoms with Gasteiger partial charge in [0.15, 0.2) is 0 Å². The molecule has 1 aliphatic heterocycles. The highest BCUT2D eigenvalue weighted by Gasteiger charge is 2.19. The molecule has 1 unspecified atom stereocenters. The molecule has 0 spiro atoms. The van der Waals surface area contributed by atoms with Crippen molar-refractivity contribution in [3.8, 4) is 0 Å². The van der Waals surface area contributed by atoms with E-state index in [1.165, 1.54) is 19.4 Å². The maximum atomic E-state index is 6.11. The Bertz CT molecular complexity index is 384. The number of para-hydroxylation sites is 1. The summed E-state index contributed by atoms with van der Waals surface area (Å²) in [6.45, 7) is 7.07. The first-order valence-corrected chi connectivity index (χ1v) is 7.49. The summed E-state index contributed by atoms with van der Waals surface area (Å²) in [5.74, 6) is 0. The Balaban J connectivity index is 1.72. The third-order valence-corrected chi connectivity index (χ3v) is 3.81. The summed E-state index contributed by atoms with van der Waals surface area (Å²) >= 11 is 6.11. The number of halogens is 1. The van der Waals surface area contributed by atoms with Crippen molar-refractivity contribution in [2.24, 2.45) is 0 Å². The molecular formula is C15H23ClN2O.